The number of anilines is 1. The van der Waals surface area contributed by atoms with Gasteiger partial charge in [-0.2, -0.15) is 0 Å². The van der Waals surface area contributed by atoms with Gasteiger partial charge in [-0.05, 0) is 25.0 Å². The van der Waals surface area contributed by atoms with Gasteiger partial charge in [-0.1, -0.05) is 31.4 Å². The Labute approximate surface area is 135 Å². The monoisotopic (exact) mass is 318 g/mol. The molecule has 0 bridgehead atoms. The summed E-state index contributed by atoms with van der Waals surface area (Å²) in [7, 11) is 0. The quantitative estimate of drug-likeness (QED) is 0.900. The fourth-order valence-electron chi connectivity index (χ4n) is 3.11. The summed E-state index contributed by atoms with van der Waals surface area (Å²) in [6.45, 7) is 0. The van der Waals surface area contributed by atoms with E-state index in [0.29, 0.717) is 11.8 Å². The van der Waals surface area contributed by atoms with Gasteiger partial charge in [0.05, 0.1) is 11.6 Å². The first-order valence-electron chi connectivity index (χ1n) is 8.04. The highest BCUT2D eigenvalue weighted by atomic mass is 32.2. The summed E-state index contributed by atoms with van der Waals surface area (Å²) in [5.41, 5.74) is 0.854. The van der Waals surface area contributed by atoms with E-state index >= 15 is 0 Å². The first-order chi connectivity index (χ1) is 10.7. The molecule has 1 aromatic carbocycles. The number of hydrogen-bond donors (Lipinski definition) is 2. The van der Waals surface area contributed by atoms with Gasteiger partial charge < -0.3 is 10.6 Å². The van der Waals surface area contributed by atoms with Crippen LogP contribution in [0.3, 0.4) is 0 Å². The molecule has 0 radical (unpaired) electrons. The summed E-state index contributed by atoms with van der Waals surface area (Å²) in [5, 5.41) is 6.04. The van der Waals surface area contributed by atoms with E-state index in [1.54, 1.807) is 11.8 Å². The minimum absolute atomic E-state index is 0.0126. The van der Waals surface area contributed by atoms with Crippen LogP contribution >= 0.6 is 11.8 Å². The molecular formula is C17H22N2O2S. The van der Waals surface area contributed by atoms with Gasteiger partial charge >= 0.3 is 0 Å². The van der Waals surface area contributed by atoms with Gasteiger partial charge in [-0.25, -0.2) is 0 Å². The first kappa shape index (κ1) is 15.4. The van der Waals surface area contributed by atoms with E-state index in [1.807, 2.05) is 24.3 Å². The fraction of sp³-hybridized carbons (Fsp3) is 0.529. The molecule has 22 heavy (non-hydrogen) atoms. The molecule has 1 aliphatic carbocycles. The van der Waals surface area contributed by atoms with Crippen LogP contribution in [-0.4, -0.2) is 23.6 Å². The largest absolute Gasteiger partial charge is 0.353 e. The van der Waals surface area contributed by atoms with Crippen molar-refractivity contribution in [1.82, 2.24) is 5.32 Å². The predicted octanol–water partition coefficient (Wildman–Crippen LogP) is 3.19. The lowest BCUT2D eigenvalue weighted by atomic mass is 9.95. The second-order valence-electron chi connectivity index (χ2n) is 6.10. The van der Waals surface area contributed by atoms with E-state index in [1.165, 1.54) is 19.3 Å². The average molecular weight is 318 g/mol. The van der Waals surface area contributed by atoms with Crippen LogP contribution in [0.15, 0.2) is 29.2 Å². The smallest absolute Gasteiger partial charge is 0.228 e. The van der Waals surface area contributed by atoms with Crippen molar-refractivity contribution in [2.75, 3.05) is 11.1 Å². The molecule has 1 aliphatic heterocycles. The molecule has 0 spiro atoms. The molecule has 0 saturated heterocycles. The van der Waals surface area contributed by atoms with E-state index in [2.05, 4.69) is 10.6 Å². The van der Waals surface area contributed by atoms with Gasteiger partial charge in [0.15, 0.2) is 0 Å². The number of fused-ring (bicyclic) bond motifs is 1. The van der Waals surface area contributed by atoms with Crippen molar-refractivity contribution in [3.8, 4) is 0 Å². The fourth-order valence-corrected chi connectivity index (χ4v) is 4.20. The van der Waals surface area contributed by atoms with Crippen LogP contribution in [0.25, 0.3) is 0 Å². The number of carbonyl (C=O) groups is 2. The van der Waals surface area contributed by atoms with Crippen LogP contribution < -0.4 is 10.6 Å². The molecule has 5 heteroatoms. The van der Waals surface area contributed by atoms with Crippen LogP contribution in [0.4, 0.5) is 5.69 Å². The summed E-state index contributed by atoms with van der Waals surface area (Å²) < 4.78 is 0. The van der Waals surface area contributed by atoms with Crippen molar-refractivity contribution < 1.29 is 9.59 Å². The zero-order valence-corrected chi connectivity index (χ0v) is 13.5. The number of amides is 2. The lowest BCUT2D eigenvalue weighted by Gasteiger charge is -2.23. The Balaban J connectivity index is 1.56. The van der Waals surface area contributed by atoms with Crippen molar-refractivity contribution in [1.29, 1.82) is 0 Å². The third-order valence-electron chi connectivity index (χ3n) is 4.36. The van der Waals surface area contributed by atoms with Gasteiger partial charge in [0.2, 0.25) is 11.8 Å². The zero-order valence-electron chi connectivity index (χ0n) is 12.6. The van der Waals surface area contributed by atoms with E-state index in [-0.39, 0.29) is 24.2 Å². The molecule has 1 aromatic rings. The van der Waals surface area contributed by atoms with Crippen molar-refractivity contribution in [3.05, 3.63) is 24.3 Å². The Morgan fingerprint density at radius 2 is 2.00 bits per heavy atom. The van der Waals surface area contributed by atoms with Crippen LogP contribution in [0.5, 0.6) is 0 Å². The Morgan fingerprint density at radius 1 is 1.23 bits per heavy atom. The van der Waals surface area contributed by atoms with Crippen LogP contribution in [0.2, 0.25) is 0 Å². The summed E-state index contributed by atoms with van der Waals surface area (Å²) >= 11 is 1.65. The molecule has 118 valence electrons. The topological polar surface area (TPSA) is 58.2 Å². The molecule has 4 nitrogen and oxygen atoms in total. The Kier molecular flexibility index (Phi) is 5.03. The summed E-state index contributed by atoms with van der Waals surface area (Å²) in [6.07, 6.45) is 6.08. The van der Waals surface area contributed by atoms with Crippen molar-refractivity contribution >= 4 is 29.3 Å². The number of hydrogen-bond acceptors (Lipinski definition) is 3. The molecule has 1 atom stereocenters. The maximum absolute atomic E-state index is 12.3. The number of thioether (sulfide) groups is 1. The second kappa shape index (κ2) is 7.18. The molecule has 2 aliphatic rings. The second-order valence-corrected chi connectivity index (χ2v) is 7.16. The van der Waals surface area contributed by atoms with Gasteiger partial charge in [-0.3, -0.25) is 9.59 Å². The molecule has 2 N–H and O–H groups in total. The number of para-hydroxylation sites is 1. The van der Waals surface area contributed by atoms with Crippen LogP contribution in [-0.2, 0) is 9.59 Å². The normalized spacial score (nSPS) is 22.4. The van der Waals surface area contributed by atoms with E-state index in [4.69, 9.17) is 0 Å². The van der Waals surface area contributed by atoms with Crippen molar-refractivity contribution in [3.63, 3.8) is 0 Å². The third kappa shape index (κ3) is 3.83. The van der Waals surface area contributed by atoms with Gasteiger partial charge in [0, 0.05) is 23.1 Å². The highest BCUT2D eigenvalue weighted by Gasteiger charge is 2.27. The molecule has 1 heterocycles. The van der Waals surface area contributed by atoms with Gasteiger partial charge in [-0.15, -0.1) is 11.8 Å². The molecule has 1 saturated carbocycles. The SMILES string of the molecule is O=C(CC1CSc2ccccc2NC1=O)NC1CCCCC1. The standard InChI is InChI=1S/C17H22N2O2S/c20-16(18-13-6-2-1-3-7-13)10-12-11-22-15-9-5-4-8-14(15)19-17(12)21/h4-5,8-9,12-13H,1-3,6-7,10-11H2,(H,18,20)(H,19,21). The highest BCUT2D eigenvalue weighted by molar-refractivity contribution is 7.99. The van der Waals surface area contributed by atoms with E-state index in [9.17, 15) is 9.59 Å². The number of nitrogens with one attached hydrogen (secondary N) is 2. The molecule has 1 fully saturated rings. The van der Waals surface area contributed by atoms with Gasteiger partial charge in [0.1, 0.15) is 0 Å². The Bertz CT molecular complexity index is 555. The van der Waals surface area contributed by atoms with Crippen LogP contribution in [0.1, 0.15) is 38.5 Å². The van der Waals surface area contributed by atoms with Gasteiger partial charge in [0.25, 0.3) is 0 Å². The van der Waals surface area contributed by atoms with E-state index in [0.717, 1.165) is 23.4 Å². The summed E-state index contributed by atoms with van der Waals surface area (Å²) in [5.74, 6) is 0.358. The lowest BCUT2D eigenvalue weighted by Crippen LogP contribution is -2.38. The minimum Gasteiger partial charge on any atom is -0.353 e. The van der Waals surface area contributed by atoms with E-state index < -0.39 is 0 Å². The Morgan fingerprint density at radius 3 is 2.82 bits per heavy atom. The number of rotatable bonds is 3. The number of benzene rings is 1. The molecule has 0 aromatic heterocycles. The number of carbonyl (C=O) groups excluding carboxylic acids is 2. The predicted molar refractivity (Wildman–Crippen MR) is 88.9 cm³/mol. The first-order valence-corrected chi connectivity index (χ1v) is 9.03. The zero-order chi connectivity index (χ0) is 15.4. The summed E-state index contributed by atoms with van der Waals surface area (Å²) in [4.78, 5) is 25.6. The molecule has 3 rings (SSSR count). The summed E-state index contributed by atoms with van der Waals surface area (Å²) in [6, 6.07) is 8.10. The average Bonchev–Trinajstić information content (AvgIpc) is 2.68. The maximum Gasteiger partial charge on any atom is 0.228 e. The molecule has 2 amide bonds. The third-order valence-corrected chi connectivity index (χ3v) is 5.59. The van der Waals surface area contributed by atoms with Crippen molar-refractivity contribution in [2.24, 2.45) is 5.92 Å². The molecular weight excluding hydrogens is 296 g/mol. The van der Waals surface area contributed by atoms with Crippen LogP contribution in [0, 0.1) is 5.92 Å². The molecule has 1 unspecified atom stereocenters. The van der Waals surface area contributed by atoms with Crippen molar-refractivity contribution in [2.45, 2.75) is 49.5 Å². The highest BCUT2D eigenvalue weighted by Crippen LogP contribution is 2.33. The Hall–Kier alpha value is -1.49. The maximum atomic E-state index is 12.3. The minimum atomic E-state index is -0.263. The lowest BCUT2D eigenvalue weighted by molar-refractivity contribution is -0.127.